The second-order valence-electron chi connectivity index (χ2n) is 4.08. The number of hydrogen-bond acceptors (Lipinski definition) is 2. The molecule has 0 aliphatic carbocycles. The third-order valence-electron chi connectivity index (χ3n) is 2.55. The van der Waals surface area contributed by atoms with Crippen LogP contribution >= 0.6 is 0 Å². The van der Waals surface area contributed by atoms with Crippen molar-refractivity contribution < 1.29 is 9.90 Å². The molecule has 0 atom stereocenters. The summed E-state index contributed by atoms with van der Waals surface area (Å²) in [4.78, 5) is 15.1. The number of carbonyl (C=O) groups is 1. The van der Waals surface area contributed by atoms with E-state index in [-0.39, 0.29) is 0 Å². The average Bonchev–Trinajstić information content (AvgIpc) is 2.28. The maximum Gasteiger partial charge on any atom is 0.335 e. The Hall–Kier alpha value is -2.16. The SMILES string of the molecule is Cc1cc(C(=O)O)cc(-c2ccnc(C)c2)c1. The van der Waals surface area contributed by atoms with Gasteiger partial charge in [-0.15, -0.1) is 0 Å². The summed E-state index contributed by atoms with van der Waals surface area (Å²) in [6.45, 7) is 3.81. The molecule has 0 aliphatic heterocycles. The first-order chi connectivity index (χ1) is 8.06. The zero-order chi connectivity index (χ0) is 12.4. The summed E-state index contributed by atoms with van der Waals surface area (Å²) in [5.74, 6) is -0.902. The molecule has 0 unspecified atom stereocenters. The van der Waals surface area contributed by atoms with Gasteiger partial charge in [0.2, 0.25) is 0 Å². The van der Waals surface area contributed by atoms with E-state index >= 15 is 0 Å². The minimum Gasteiger partial charge on any atom is -0.478 e. The van der Waals surface area contributed by atoms with Gasteiger partial charge in [0.1, 0.15) is 0 Å². The Morgan fingerprint density at radius 2 is 1.88 bits per heavy atom. The van der Waals surface area contributed by atoms with Crippen LogP contribution in [0.2, 0.25) is 0 Å². The van der Waals surface area contributed by atoms with Gasteiger partial charge in [-0.3, -0.25) is 4.98 Å². The summed E-state index contributed by atoms with van der Waals surface area (Å²) < 4.78 is 0. The van der Waals surface area contributed by atoms with Gasteiger partial charge in [-0.25, -0.2) is 4.79 Å². The Balaban J connectivity index is 2.56. The summed E-state index contributed by atoms with van der Waals surface area (Å²) >= 11 is 0. The average molecular weight is 227 g/mol. The zero-order valence-corrected chi connectivity index (χ0v) is 9.77. The molecule has 0 radical (unpaired) electrons. The minimum absolute atomic E-state index is 0.314. The summed E-state index contributed by atoms with van der Waals surface area (Å²) in [5, 5.41) is 9.02. The number of rotatable bonds is 2. The van der Waals surface area contributed by atoms with Crippen molar-refractivity contribution in [3.63, 3.8) is 0 Å². The number of nitrogens with zero attached hydrogens (tertiary/aromatic N) is 1. The van der Waals surface area contributed by atoms with Gasteiger partial charge in [0, 0.05) is 11.9 Å². The second-order valence-corrected chi connectivity index (χ2v) is 4.08. The molecule has 0 amide bonds. The van der Waals surface area contributed by atoms with Gasteiger partial charge in [0.25, 0.3) is 0 Å². The summed E-state index contributed by atoms with van der Waals surface area (Å²) in [6.07, 6.45) is 1.73. The number of carboxylic acids is 1. The van der Waals surface area contributed by atoms with Crippen LogP contribution in [0.3, 0.4) is 0 Å². The van der Waals surface area contributed by atoms with E-state index in [2.05, 4.69) is 4.98 Å². The molecule has 1 aromatic heterocycles. The van der Waals surface area contributed by atoms with Crippen molar-refractivity contribution in [2.24, 2.45) is 0 Å². The number of aromatic nitrogens is 1. The Morgan fingerprint density at radius 1 is 1.12 bits per heavy atom. The molecule has 3 heteroatoms. The maximum absolute atomic E-state index is 11.0. The highest BCUT2D eigenvalue weighted by Crippen LogP contribution is 2.22. The van der Waals surface area contributed by atoms with Crippen LogP contribution in [0.1, 0.15) is 21.6 Å². The van der Waals surface area contributed by atoms with Crippen LogP contribution in [0.4, 0.5) is 0 Å². The van der Waals surface area contributed by atoms with Gasteiger partial charge in [-0.05, 0) is 54.8 Å². The molecule has 0 spiro atoms. The molecule has 2 rings (SSSR count). The maximum atomic E-state index is 11.0. The second kappa shape index (κ2) is 4.37. The highest BCUT2D eigenvalue weighted by Gasteiger charge is 2.07. The molecule has 0 bridgehead atoms. The lowest BCUT2D eigenvalue weighted by Gasteiger charge is -2.06. The molecule has 0 aliphatic rings. The summed E-state index contributed by atoms with van der Waals surface area (Å²) in [6, 6.07) is 9.15. The molecule has 0 fully saturated rings. The van der Waals surface area contributed by atoms with E-state index in [1.807, 2.05) is 32.0 Å². The van der Waals surface area contributed by atoms with Crippen molar-refractivity contribution in [2.45, 2.75) is 13.8 Å². The summed E-state index contributed by atoms with van der Waals surface area (Å²) in [7, 11) is 0. The first-order valence-corrected chi connectivity index (χ1v) is 5.34. The normalized spacial score (nSPS) is 10.2. The van der Waals surface area contributed by atoms with Crippen molar-refractivity contribution in [1.82, 2.24) is 4.98 Å². The van der Waals surface area contributed by atoms with E-state index < -0.39 is 5.97 Å². The fraction of sp³-hybridized carbons (Fsp3) is 0.143. The van der Waals surface area contributed by atoms with Crippen LogP contribution in [0.25, 0.3) is 11.1 Å². The number of pyridine rings is 1. The Bertz CT molecular complexity index is 576. The van der Waals surface area contributed by atoms with Crippen molar-refractivity contribution in [2.75, 3.05) is 0 Å². The van der Waals surface area contributed by atoms with E-state index in [4.69, 9.17) is 5.11 Å². The zero-order valence-electron chi connectivity index (χ0n) is 9.77. The predicted octanol–water partition coefficient (Wildman–Crippen LogP) is 3.06. The van der Waals surface area contributed by atoms with Crippen molar-refractivity contribution in [3.05, 3.63) is 53.3 Å². The number of carboxylic acid groups (broad SMARTS) is 1. The molecule has 1 aromatic carbocycles. The lowest BCUT2D eigenvalue weighted by Crippen LogP contribution is -1.97. The molecule has 3 nitrogen and oxygen atoms in total. The van der Waals surface area contributed by atoms with Crippen molar-refractivity contribution in [3.8, 4) is 11.1 Å². The largest absolute Gasteiger partial charge is 0.478 e. The highest BCUT2D eigenvalue weighted by atomic mass is 16.4. The van der Waals surface area contributed by atoms with E-state index in [1.165, 1.54) is 0 Å². The molecule has 1 heterocycles. The Morgan fingerprint density at radius 3 is 2.53 bits per heavy atom. The topological polar surface area (TPSA) is 50.2 Å². The van der Waals surface area contributed by atoms with E-state index in [1.54, 1.807) is 18.3 Å². The number of aromatic carboxylic acids is 1. The molecule has 0 saturated heterocycles. The van der Waals surface area contributed by atoms with Gasteiger partial charge in [-0.2, -0.15) is 0 Å². The molecule has 86 valence electrons. The standard InChI is InChI=1S/C14H13NO2/c1-9-5-12(8-13(6-9)14(16)17)11-3-4-15-10(2)7-11/h3-8H,1-2H3,(H,16,17). The highest BCUT2D eigenvalue weighted by molar-refractivity contribution is 5.89. The quantitative estimate of drug-likeness (QED) is 0.857. The van der Waals surface area contributed by atoms with Crippen LogP contribution in [0.5, 0.6) is 0 Å². The van der Waals surface area contributed by atoms with Gasteiger partial charge in [-0.1, -0.05) is 6.07 Å². The van der Waals surface area contributed by atoms with Gasteiger partial charge in [0.05, 0.1) is 5.56 Å². The Labute approximate surface area is 99.8 Å². The predicted molar refractivity (Wildman–Crippen MR) is 66.1 cm³/mol. The third-order valence-corrected chi connectivity index (χ3v) is 2.55. The van der Waals surface area contributed by atoms with E-state index in [9.17, 15) is 4.79 Å². The monoisotopic (exact) mass is 227 g/mol. The van der Waals surface area contributed by atoms with Gasteiger partial charge < -0.3 is 5.11 Å². The third kappa shape index (κ3) is 2.50. The fourth-order valence-electron chi connectivity index (χ4n) is 1.80. The van der Waals surface area contributed by atoms with Crippen LogP contribution in [-0.4, -0.2) is 16.1 Å². The molecule has 1 N–H and O–H groups in total. The number of benzene rings is 1. The van der Waals surface area contributed by atoms with Crippen LogP contribution in [0, 0.1) is 13.8 Å². The fourth-order valence-corrected chi connectivity index (χ4v) is 1.80. The van der Waals surface area contributed by atoms with E-state index in [0.717, 1.165) is 22.4 Å². The lowest BCUT2D eigenvalue weighted by molar-refractivity contribution is 0.0697. The first kappa shape index (κ1) is 11.3. The van der Waals surface area contributed by atoms with Crippen LogP contribution in [-0.2, 0) is 0 Å². The Kier molecular flexibility index (Phi) is 2.91. The lowest BCUT2D eigenvalue weighted by atomic mass is 10.0. The first-order valence-electron chi connectivity index (χ1n) is 5.34. The summed E-state index contributed by atoms with van der Waals surface area (Å²) in [5.41, 5.74) is 4.07. The van der Waals surface area contributed by atoms with Crippen LogP contribution in [0.15, 0.2) is 36.5 Å². The van der Waals surface area contributed by atoms with Gasteiger partial charge in [0.15, 0.2) is 0 Å². The van der Waals surface area contributed by atoms with Crippen molar-refractivity contribution in [1.29, 1.82) is 0 Å². The molecule has 2 aromatic rings. The smallest absolute Gasteiger partial charge is 0.335 e. The van der Waals surface area contributed by atoms with E-state index in [0.29, 0.717) is 5.56 Å². The number of hydrogen-bond donors (Lipinski definition) is 1. The molecular weight excluding hydrogens is 214 g/mol. The minimum atomic E-state index is -0.902. The molecule has 17 heavy (non-hydrogen) atoms. The van der Waals surface area contributed by atoms with Gasteiger partial charge >= 0.3 is 5.97 Å². The van der Waals surface area contributed by atoms with Crippen molar-refractivity contribution >= 4 is 5.97 Å². The number of aryl methyl sites for hydroxylation is 2. The van der Waals surface area contributed by atoms with Crippen LogP contribution < -0.4 is 0 Å². The molecule has 0 saturated carbocycles. The molecular formula is C14H13NO2.